The number of nitrogens with zero attached hydrogens (tertiary/aromatic N) is 3. The summed E-state index contributed by atoms with van der Waals surface area (Å²) in [6.07, 6.45) is 1.75. The van der Waals surface area contributed by atoms with E-state index in [0.717, 1.165) is 5.84 Å². The first-order valence-corrected chi connectivity index (χ1v) is 2.82. The Morgan fingerprint density at radius 1 is 1.45 bits per heavy atom. The fourth-order valence-electron chi connectivity index (χ4n) is 0.651. The molecule has 0 atom stereocenters. The van der Waals surface area contributed by atoms with Crippen LogP contribution < -0.4 is 5.73 Å². The second-order valence-corrected chi connectivity index (χ2v) is 2.44. The largest absolute Gasteiger partial charge is 0.324 e. The SMILES string of the molecule is C[N+]1(C)C=NC(CN)=N1.Cl.Cl. The van der Waals surface area contributed by atoms with Crippen LogP contribution in [0.2, 0.25) is 0 Å². The lowest BCUT2D eigenvalue weighted by Crippen LogP contribution is -2.29. The minimum atomic E-state index is 0. The van der Waals surface area contributed by atoms with Crippen molar-refractivity contribution in [2.24, 2.45) is 15.8 Å². The summed E-state index contributed by atoms with van der Waals surface area (Å²) in [4.78, 5) is 3.98. The highest BCUT2D eigenvalue weighted by Gasteiger charge is 2.18. The molecule has 0 spiro atoms. The Kier molecular flexibility index (Phi) is 5.69. The van der Waals surface area contributed by atoms with E-state index < -0.39 is 0 Å². The van der Waals surface area contributed by atoms with Gasteiger partial charge in [0.05, 0.1) is 20.6 Å². The zero-order valence-electron chi connectivity index (χ0n) is 6.52. The highest BCUT2D eigenvalue weighted by atomic mass is 35.5. The number of amidine groups is 1. The van der Waals surface area contributed by atoms with Crippen LogP contribution in [0.5, 0.6) is 0 Å². The molecular weight excluding hydrogens is 187 g/mol. The van der Waals surface area contributed by atoms with Gasteiger partial charge in [-0.15, -0.1) is 24.8 Å². The fourth-order valence-corrected chi connectivity index (χ4v) is 0.651. The summed E-state index contributed by atoms with van der Waals surface area (Å²) in [5.41, 5.74) is 5.30. The first-order chi connectivity index (χ1) is 4.14. The van der Waals surface area contributed by atoms with E-state index in [2.05, 4.69) is 10.1 Å². The van der Waals surface area contributed by atoms with Gasteiger partial charge in [0.2, 0.25) is 12.2 Å². The predicted octanol–water partition coefficient (Wildman–Crippen LogP) is 0.220. The van der Waals surface area contributed by atoms with Gasteiger partial charge in [0.15, 0.2) is 0 Å². The van der Waals surface area contributed by atoms with Gasteiger partial charge in [-0.2, -0.15) is 9.58 Å². The van der Waals surface area contributed by atoms with Gasteiger partial charge in [0, 0.05) is 0 Å². The van der Waals surface area contributed by atoms with Crippen molar-refractivity contribution in [3.05, 3.63) is 0 Å². The van der Waals surface area contributed by atoms with E-state index in [1.807, 2.05) is 14.1 Å². The van der Waals surface area contributed by atoms with E-state index in [1.54, 1.807) is 6.34 Å². The van der Waals surface area contributed by atoms with Crippen molar-refractivity contribution in [1.29, 1.82) is 0 Å². The summed E-state index contributed by atoms with van der Waals surface area (Å²) < 4.78 is 0.465. The van der Waals surface area contributed by atoms with E-state index in [4.69, 9.17) is 5.73 Å². The zero-order chi connectivity index (χ0) is 6.91. The highest BCUT2D eigenvalue weighted by Crippen LogP contribution is 2.01. The number of rotatable bonds is 1. The number of hydrogen-bond donors (Lipinski definition) is 1. The smallest absolute Gasteiger partial charge is 0.218 e. The molecule has 1 heterocycles. The lowest BCUT2D eigenvalue weighted by atomic mass is 10.6. The molecule has 0 fully saturated rings. The van der Waals surface area contributed by atoms with E-state index >= 15 is 0 Å². The lowest BCUT2D eigenvalue weighted by Gasteiger charge is -2.09. The molecular formula is C5H13Cl2N4+. The van der Waals surface area contributed by atoms with E-state index in [-0.39, 0.29) is 24.8 Å². The molecule has 0 amide bonds. The van der Waals surface area contributed by atoms with Crippen LogP contribution >= 0.6 is 24.8 Å². The Morgan fingerprint density at radius 3 is 2.18 bits per heavy atom. The molecule has 0 radical (unpaired) electrons. The molecule has 11 heavy (non-hydrogen) atoms. The molecule has 1 aliphatic rings. The van der Waals surface area contributed by atoms with Gasteiger partial charge in [-0.1, -0.05) is 5.10 Å². The standard InChI is InChI=1S/C5H11N4.2ClH/c1-9(2)4-7-5(3-6)8-9;;/h4H,3,6H2,1-2H3;2*1H/q+1;;. The van der Waals surface area contributed by atoms with Gasteiger partial charge < -0.3 is 5.73 Å². The van der Waals surface area contributed by atoms with Crippen LogP contribution in [0.1, 0.15) is 0 Å². The maximum Gasteiger partial charge on any atom is 0.218 e. The number of halogens is 2. The normalized spacial score (nSPS) is 18.3. The third-order valence-electron chi connectivity index (χ3n) is 1.05. The van der Waals surface area contributed by atoms with Crippen LogP contribution in [0, 0.1) is 0 Å². The Labute approximate surface area is 78.6 Å². The van der Waals surface area contributed by atoms with Crippen molar-refractivity contribution in [2.45, 2.75) is 0 Å². The molecule has 0 saturated carbocycles. The molecule has 0 aromatic carbocycles. The Balaban J connectivity index is 0. The molecule has 0 aromatic heterocycles. The van der Waals surface area contributed by atoms with Crippen LogP contribution in [-0.2, 0) is 0 Å². The molecule has 1 aliphatic heterocycles. The van der Waals surface area contributed by atoms with Gasteiger partial charge in [0.1, 0.15) is 0 Å². The van der Waals surface area contributed by atoms with Gasteiger partial charge in [-0.05, 0) is 0 Å². The second-order valence-electron chi connectivity index (χ2n) is 2.44. The highest BCUT2D eigenvalue weighted by molar-refractivity contribution is 5.91. The monoisotopic (exact) mass is 199 g/mol. The molecule has 0 unspecified atom stereocenters. The Hall–Kier alpha value is -0.160. The average molecular weight is 200 g/mol. The van der Waals surface area contributed by atoms with Crippen LogP contribution in [0.15, 0.2) is 10.1 Å². The summed E-state index contributed by atoms with van der Waals surface area (Å²) in [5.74, 6) is 0.722. The molecule has 0 bridgehead atoms. The predicted molar refractivity (Wildman–Crippen MR) is 51.6 cm³/mol. The lowest BCUT2D eigenvalue weighted by molar-refractivity contribution is -0.796. The molecule has 1 rings (SSSR count). The molecule has 6 heteroatoms. The van der Waals surface area contributed by atoms with Crippen molar-refractivity contribution in [2.75, 3.05) is 20.6 Å². The van der Waals surface area contributed by atoms with Crippen molar-refractivity contribution >= 4 is 37.0 Å². The van der Waals surface area contributed by atoms with Gasteiger partial charge in [0.25, 0.3) is 0 Å². The van der Waals surface area contributed by atoms with Crippen molar-refractivity contribution in [3.8, 4) is 0 Å². The Morgan fingerprint density at radius 2 is 2.00 bits per heavy atom. The van der Waals surface area contributed by atoms with Crippen LogP contribution in [-0.4, -0.2) is 37.4 Å². The fraction of sp³-hybridized carbons (Fsp3) is 0.600. The van der Waals surface area contributed by atoms with Gasteiger partial charge >= 0.3 is 0 Å². The molecule has 66 valence electrons. The number of nitrogens with two attached hydrogens (primary N) is 1. The van der Waals surface area contributed by atoms with Gasteiger partial charge in [-0.25, -0.2) is 0 Å². The first kappa shape index (κ1) is 13.4. The molecule has 0 aliphatic carbocycles. The molecule has 0 aromatic rings. The maximum atomic E-state index is 5.30. The summed E-state index contributed by atoms with van der Waals surface area (Å²) in [5, 5.41) is 4.15. The number of quaternary nitrogens is 1. The minimum absolute atomic E-state index is 0. The van der Waals surface area contributed by atoms with Crippen LogP contribution in [0.25, 0.3) is 0 Å². The van der Waals surface area contributed by atoms with E-state index in [9.17, 15) is 0 Å². The molecule has 2 N–H and O–H groups in total. The third-order valence-corrected chi connectivity index (χ3v) is 1.05. The van der Waals surface area contributed by atoms with E-state index in [1.165, 1.54) is 0 Å². The number of aliphatic imine (C=N–C) groups is 1. The maximum absolute atomic E-state index is 5.30. The first-order valence-electron chi connectivity index (χ1n) is 2.82. The van der Waals surface area contributed by atoms with Gasteiger partial charge in [-0.3, -0.25) is 0 Å². The second kappa shape index (κ2) is 4.66. The summed E-state index contributed by atoms with van der Waals surface area (Å²) >= 11 is 0. The van der Waals surface area contributed by atoms with Crippen molar-refractivity contribution in [1.82, 2.24) is 0 Å². The third kappa shape index (κ3) is 3.67. The van der Waals surface area contributed by atoms with Crippen LogP contribution in [0.3, 0.4) is 0 Å². The summed E-state index contributed by atoms with van der Waals surface area (Å²) in [6, 6.07) is 0. The van der Waals surface area contributed by atoms with Crippen molar-refractivity contribution in [3.63, 3.8) is 0 Å². The quantitative estimate of drug-likeness (QED) is 0.605. The zero-order valence-corrected chi connectivity index (χ0v) is 8.15. The summed E-state index contributed by atoms with van der Waals surface area (Å²) in [7, 11) is 3.87. The number of hydrogen-bond acceptors (Lipinski definition) is 3. The average Bonchev–Trinajstić information content (AvgIpc) is 2.10. The van der Waals surface area contributed by atoms with Crippen molar-refractivity contribution < 1.29 is 4.59 Å². The topological polar surface area (TPSA) is 50.7 Å². The minimum Gasteiger partial charge on any atom is -0.324 e. The van der Waals surface area contributed by atoms with Crippen LogP contribution in [0.4, 0.5) is 0 Å². The molecule has 4 nitrogen and oxygen atoms in total. The Bertz CT molecular complexity index is 175. The molecule has 0 saturated heterocycles. The van der Waals surface area contributed by atoms with E-state index in [0.29, 0.717) is 11.1 Å². The summed E-state index contributed by atoms with van der Waals surface area (Å²) in [6.45, 7) is 0.429.